The molecule has 1 rings (SSSR count). The Morgan fingerprint density at radius 2 is 1.76 bits per heavy atom. The minimum Gasteiger partial charge on any atom is -0.394 e. The minimum absolute atomic E-state index is 0.0812. The van der Waals surface area contributed by atoms with Crippen LogP contribution in [0.25, 0.3) is 0 Å². The van der Waals surface area contributed by atoms with E-state index in [1.54, 1.807) is 24.3 Å². The highest BCUT2D eigenvalue weighted by atomic mass is 16.3. The summed E-state index contributed by atoms with van der Waals surface area (Å²) in [5.41, 5.74) is 0.0188. The highest BCUT2D eigenvalue weighted by Gasteiger charge is 2.26. The molecule has 0 bridgehead atoms. The van der Waals surface area contributed by atoms with E-state index in [0.717, 1.165) is 0 Å². The molecule has 0 aliphatic heterocycles. The molecule has 0 aromatic heterocycles. The maximum atomic E-state index is 11.9. The predicted molar refractivity (Wildman–Crippen MR) is 81.9 cm³/mol. The maximum Gasteiger partial charge on any atom is 0.251 e. The highest BCUT2D eigenvalue weighted by Crippen LogP contribution is 2.14. The molecule has 5 heteroatoms. The first-order chi connectivity index (χ1) is 10.1. The Bertz CT molecular complexity index is 448. The van der Waals surface area contributed by atoms with Gasteiger partial charge in [-0.15, -0.1) is 0 Å². The van der Waals surface area contributed by atoms with E-state index >= 15 is 0 Å². The van der Waals surface area contributed by atoms with Crippen LogP contribution in [-0.2, 0) is 4.79 Å². The van der Waals surface area contributed by atoms with E-state index in [0.29, 0.717) is 18.4 Å². The summed E-state index contributed by atoms with van der Waals surface area (Å²) in [6, 6.07) is 8.87. The molecular weight excluding hydrogens is 268 g/mol. The number of hydrogen-bond acceptors (Lipinski definition) is 3. The Morgan fingerprint density at radius 1 is 1.14 bits per heavy atom. The summed E-state index contributed by atoms with van der Waals surface area (Å²) in [7, 11) is 0. The molecule has 116 valence electrons. The Hall–Kier alpha value is -1.88. The maximum absolute atomic E-state index is 11.9. The zero-order valence-electron chi connectivity index (χ0n) is 12.7. The van der Waals surface area contributed by atoms with E-state index in [9.17, 15) is 14.7 Å². The third kappa shape index (κ3) is 5.19. The molecule has 2 amide bonds. The Labute approximate surface area is 125 Å². The van der Waals surface area contributed by atoms with Gasteiger partial charge in [0.15, 0.2) is 0 Å². The van der Waals surface area contributed by atoms with Gasteiger partial charge in [-0.05, 0) is 25.0 Å². The van der Waals surface area contributed by atoms with Gasteiger partial charge in [-0.2, -0.15) is 0 Å². The Morgan fingerprint density at radius 3 is 2.29 bits per heavy atom. The van der Waals surface area contributed by atoms with Crippen molar-refractivity contribution in [2.75, 3.05) is 13.2 Å². The van der Waals surface area contributed by atoms with Crippen LogP contribution in [0.5, 0.6) is 0 Å². The lowest BCUT2D eigenvalue weighted by atomic mass is 9.94. The summed E-state index contributed by atoms with van der Waals surface area (Å²) < 4.78 is 0. The first kappa shape index (κ1) is 17.2. The van der Waals surface area contributed by atoms with Crippen molar-refractivity contribution in [1.82, 2.24) is 10.6 Å². The van der Waals surface area contributed by atoms with Gasteiger partial charge in [-0.1, -0.05) is 32.0 Å². The smallest absolute Gasteiger partial charge is 0.251 e. The Kier molecular flexibility index (Phi) is 6.88. The first-order valence-electron chi connectivity index (χ1n) is 7.32. The second kappa shape index (κ2) is 8.42. The lowest BCUT2D eigenvalue weighted by Crippen LogP contribution is -2.51. The molecule has 0 aliphatic carbocycles. The number of aliphatic hydroxyl groups excluding tert-OH is 1. The first-order valence-corrected chi connectivity index (χ1v) is 7.32. The number of benzene rings is 1. The predicted octanol–water partition coefficient (Wildman–Crippen LogP) is 1.47. The van der Waals surface area contributed by atoms with Crippen LogP contribution >= 0.6 is 0 Å². The van der Waals surface area contributed by atoms with Gasteiger partial charge >= 0.3 is 0 Å². The monoisotopic (exact) mass is 292 g/mol. The molecule has 0 saturated heterocycles. The quantitative estimate of drug-likeness (QED) is 0.679. The van der Waals surface area contributed by atoms with E-state index in [2.05, 4.69) is 10.6 Å². The fourth-order valence-electron chi connectivity index (χ4n) is 2.03. The number of aliphatic hydroxyl groups is 1. The third-order valence-electron chi connectivity index (χ3n) is 3.73. The van der Waals surface area contributed by atoms with Crippen molar-refractivity contribution in [3.8, 4) is 0 Å². The molecule has 5 nitrogen and oxygen atoms in total. The number of carbonyl (C=O) groups is 2. The van der Waals surface area contributed by atoms with Gasteiger partial charge < -0.3 is 15.7 Å². The zero-order valence-corrected chi connectivity index (χ0v) is 12.7. The number of amides is 2. The fourth-order valence-corrected chi connectivity index (χ4v) is 2.03. The Balaban J connectivity index is 2.39. The van der Waals surface area contributed by atoms with E-state index in [-0.39, 0.29) is 31.4 Å². The fraction of sp³-hybridized carbons (Fsp3) is 0.500. The van der Waals surface area contributed by atoms with Crippen molar-refractivity contribution < 1.29 is 14.7 Å². The van der Waals surface area contributed by atoms with Gasteiger partial charge in [0, 0.05) is 18.5 Å². The average molecular weight is 292 g/mol. The molecule has 21 heavy (non-hydrogen) atoms. The molecule has 0 atom stereocenters. The summed E-state index contributed by atoms with van der Waals surface area (Å²) in [5.74, 6) is -0.357. The molecule has 0 radical (unpaired) electrons. The number of carbonyl (C=O) groups excluding carboxylic acids is 2. The second-order valence-corrected chi connectivity index (χ2v) is 5.07. The van der Waals surface area contributed by atoms with Crippen LogP contribution in [-0.4, -0.2) is 35.6 Å². The van der Waals surface area contributed by atoms with Crippen LogP contribution in [0.2, 0.25) is 0 Å². The minimum atomic E-state index is -0.555. The van der Waals surface area contributed by atoms with Crippen LogP contribution in [0.15, 0.2) is 30.3 Å². The summed E-state index contributed by atoms with van der Waals surface area (Å²) in [6.45, 7) is 4.05. The molecule has 3 N–H and O–H groups in total. The number of rotatable bonds is 8. The van der Waals surface area contributed by atoms with E-state index < -0.39 is 5.54 Å². The zero-order chi connectivity index (χ0) is 15.7. The standard InChI is InChI=1S/C16H24N2O3/c1-3-16(4-2,12-19)18-14(20)10-11-17-15(21)13-8-6-5-7-9-13/h5-9,19H,3-4,10-12H2,1-2H3,(H,17,21)(H,18,20). The van der Waals surface area contributed by atoms with Gasteiger partial charge in [0.05, 0.1) is 12.1 Å². The van der Waals surface area contributed by atoms with Crippen molar-refractivity contribution in [2.24, 2.45) is 0 Å². The second-order valence-electron chi connectivity index (χ2n) is 5.07. The molecule has 1 aromatic carbocycles. The van der Waals surface area contributed by atoms with Crippen LogP contribution in [0.4, 0.5) is 0 Å². The van der Waals surface area contributed by atoms with Crippen molar-refractivity contribution >= 4 is 11.8 Å². The van der Waals surface area contributed by atoms with Crippen molar-refractivity contribution in [3.05, 3.63) is 35.9 Å². The molecular formula is C16H24N2O3. The van der Waals surface area contributed by atoms with E-state index in [1.807, 2.05) is 19.9 Å². The van der Waals surface area contributed by atoms with Crippen molar-refractivity contribution in [3.63, 3.8) is 0 Å². The average Bonchev–Trinajstić information content (AvgIpc) is 2.53. The lowest BCUT2D eigenvalue weighted by Gasteiger charge is -2.30. The molecule has 0 heterocycles. The summed E-state index contributed by atoms with van der Waals surface area (Å²) >= 11 is 0. The van der Waals surface area contributed by atoms with Gasteiger partial charge in [-0.25, -0.2) is 0 Å². The summed E-state index contributed by atoms with van der Waals surface area (Å²) in [5, 5.41) is 15.0. The normalized spacial score (nSPS) is 11.0. The highest BCUT2D eigenvalue weighted by molar-refractivity contribution is 5.94. The lowest BCUT2D eigenvalue weighted by molar-refractivity contribution is -0.123. The summed E-state index contributed by atoms with van der Waals surface area (Å²) in [4.78, 5) is 23.7. The van der Waals surface area contributed by atoms with Gasteiger partial charge in [0.1, 0.15) is 0 Å². The number of hydrogen-bond donors (Lipinski definition) is 3. The van der Waals surface area contributed by atoms with Gasteiger partial charge in [0.2, 0.25) is 5.91 Å². The number of nitrogens with one attached hydrogen (secondary N) is 2. The van der Waals surface area contributed by atoms with E-state index in [4.69, 9.17) is 0 Å². The SMILES string of the molecule is CCC(CC)(CO)NC(=O)CCNC(=O)c1ccccc1. The molecule has 0 spiro atoms. The van der Waals surface area contributed by atoms with Crippen LogP contribution < -0.4 is 10.6 Å². The van der Waals surface area contributed by atoms with E-state index in [1.165, 1.54) is 0 Å². The molecule has 0 saturated carbocycles. The van der Waals surface area contributed by atoms with Gasteiger partial charge in [0.25, 0.3) is 5.91 Å². The topological polar surface area (TPSA) is 78.4 Å². The molecule has 1 aromatic rings. The largest absolute Gasteiger partial charge is 0.394 e. The molecule has 0 aliphatic rings. The molecule has 0 unspecified atom stereocenters. The van der Waals surface area contributed by atoms with Crippen LogP contribution in [0.1, 0.15) is 43.5 Å². The molecule has 0 fully saturated rings. The third-order valence-corrected chi connectivity index (χ3v) is 3.73. The summed E-state index contributed by atoms with van der Waals surface area (Å²) in [6.07, 6.45) is 1.53. The van der Waals surface area contributed by atoms with Crippen LogP contribution in [0, 0.1) is 0 Å². The van der Waals surface area contributed by atoms with Crippen molar-refractivity contribution in [1.29, 1.82) is 0 Å². The van der Waals surface area contributed by atoms with Gasteiger partial charge in [-0.3, -0.25) is 9.59 Å². The van der Waals surface area contributed by atoms with Crippen molar-refractivity contribution in [2.45, 2.75) is 38.6 Å². The van der Waals surface area contributed by atoms with Crippen LogP contribution in [0.3, 0.4) is 0 Å².